The monoisotopic (exact) mass is 651 g/mol. The molecule has 0 bridgehead atoms. The SMILES string of the molecule is CC(C)c1cc(-c2cccc(OCCc3cccnc3)c2)cc(C(C)C)c1NC(=O)N(Cc1ccccc1)c1cc2cccnc2[nH]c1=O. The lowest BCUT2D eigenvalue weighted by Gasteiger charge is -2.27. The molecule has 2 N–H and O–H groups in total. The number of nitrogens with one attached hydrogen (secondary N) is 2. The number of urea groups is 1. The molecule has 8 heteroatoms. The van der Waals surface area contributed by atoms with E-state index in [1.54, 1.807) is 18.5 Å². The highest BCUT2D eigenvalue weighted by molar-refractivity contribution is 6.03. The number of aromatic nitrogens is 3. The maximum atomic E-state index is 14.4. The number of carbonyl (C=O) groups excluding carboxylic acids is 1. The second-order valence-corrected chi connectivity index (χ2v) is 12.8. The summed E-state index contributed by atoms with van der Waals surface area (Å²) >= 11 is 0. The van der Waals surface area contributed by atoms with Gasteiger partial charge >= 0.3 is 6.03 Å². The van der Waals surface area contributed by atoms with E-state index >= 15 is 0 Å². The van der Waals surface area contributed by atoms with Gasteiger partial charge in [-0.15, -0.1) is 0 Å². The largest absolute Gasteiger partial charge is 0.493 e. The number of aromatic amines is 1. The Morgan fingerprint density at radius 1 is 0.816 bits per heavy atom. The zero-order valence-corrected chi connectivity index (χ0v) is 28.3. The Morgan fingerprint density at radius 2 is 1.55 bits per heavy atom. The highest BCUT2D eigenvalue weighted by Gasteiger charge is 2.24. The lowest BCUT2D eigenvalue weighted by Crippen LogP contribution is -2.38. The number of carbonyl (C=O) groups is 1. The summed E-state index contributed by atoms with van der Waals surface area (Å²) < 4.78 is 6.14. The summed E-state index contributed by atoms with van der Waals surface area (Å²) in [7, 11) is 0. The zero-order chi connectivity index (χ0) is 34.3. The molecule has 8 nitrogen and oxygen atoms in total. The fourth-order valence-electron chi connectivity index (χ4n) is 5.94. The molecule has 0 aliphatic rings. The number of ether oxygens (including phenoxy) is 1. The minimum absolute atomic E-state index is 0.101. The number of nitrogens with zero attached hydrogens (tertiary/aromatic N) is 3. The van der Waals surface area contributed by atoms with Gasteiger partial charge < -0.3 is 15.0 Å². The summed E-state index contributed by atoms with van der Waals surface area (Å²) in [6.07, 6.45) is 6.03. The summed E-state index contributed by atoms with van der Waals surface area (Å²) in [5.74, 6) is 0.997. The van der Waals surface area contributed by atoms with Crippen LogP contribution < -0.4 is 20.5 Å². The van der Waals surface area contributed by atoms with Gasteiger partial charge in [-0.25, -0.2) is 9.78 Å². The van der Waals surface area contributed by atoms with E-state index < -0.39 is 6.03 Å². The third-order valence-electron chi connectivity index (χ3n) is 8.54. The predicted octanol–water partition coefficient (Wildman–Crippen LogP) is 9.09. The number of anilines is 2. The van der Waals surface area contributed by atoms with Crippen LogP contribution in [-0.4, -0.2) is 27.6 Å². The highest BCUT2D eigenvalue weighted by Crippen LogP contribution is 2.38. The normalized spacial score (nSPS) is 11.2. The lowest BCUT2D eigenvalue weighted by molar-refractivity contribution is 0.256. The Labute approximate surface area is 286 Å². The van der Waals surface area contributed by atoms with Gasteiger partial charge in [-0.3, -0.25) is 14.7 Å². The summed E-state index contributed by atoms with van der Waals surface area (Å²) in [6, 6.07) is 31.1. The number of hydrogen-bond donors (Lipinski definition) is 2. The van der Waals surface area contributed by atoms with Gasteiger partial charge in [0.2, 0.25) is 0 Å². The van der Waals surface area contributed by atoms with Gasteiger partial charge in [0.1, 0.15) is 17.1 Å². The van der Waals surface area contributed by atoms with E-state index in [-0.39, 0.29) is 29.6 Å². The van der Waals surface area contributed by atoms with Crippen molar-refractivity contribution in [3.8, 4) is 16.9 Å². The molecule has 0 aliphatic heterocycles. The van der Waals surface area contributed by atoms with Crippen molar-refractivity contribution in [1.29, 1.82) is 0 Å². The van der Waals surface area contributed by atoms with Crippen LogP contribution in [0.2, 0.25) is 0 Å². The molecule has 3 heterocycles. The third-order valence-corrected chi connectivity index (χ3v) is 8.54. The zero-order valence-electron chi connectivity index (χ0n) is 28.3. The minimum Gasteiger partial charge on any atom is -0.493 e. The average molecular weight is 652 g/mol. The summed E-state index contributed by atoms with van der Waals surface area (Å²) in [5.41, 5.74) is 7.21. The molecule has 248 valence electrons. The molecule has 0 fully saturated rings. The fraction of sp³-hybridized carbons (Fsp3) is 0.220. The Bertz CT molecular complexity index is 2080. The first kappa shape index (κ1) is 33.2. The number of rotatable bonds is 11. The second kappa shape index (κ2) is 15.0. The molecule has 49 heavy (non-hydrogen) atoms. The number of hydrogen-bond acceptors (Lipinski definition) is 5. The molecule has 2 amide bonds. The van der Waals surface area contributed by atoms with E-state index in [0.29, 0.717) is 12.3 Å². The van der Waals surface area contributed by atoms with Crippen LogP contribution in [0.25, 0.3) is 22.2 Å². The number of amides is 2. The number of H-pyrrole nitrogens is 1. The van der Waals surface area contributed by atoms with Crippen molar-refractivity contribution in [3.63, 3.8) is 0 Å². The van der Waals surface area contributed by atoms with Gasteiger partial charge in [0.05, 0.1) is 13.2 Å². The van der Waals surface area contributed by atoms with Crippen LogP contribution in [0, 0.1) is 0 Å². The first-order valence-electron chi connectivity index (χ1n) is 16.7. The third kappa shape index (κ3) is 7.87. The molecular weight excluding hydrogens is 610 g/mol. The van der Waals surface area contributed by atoms with E-state index in [2.05, 4.69) is 72.2 Å². The summed E-state index contributed by atoms with van der Waals surface area (Å²) in [4.78, 5) is 40.6. The first-order valence-corrected chi connectivity index (χ1v) is 16.7. The average Bonchev–Trinajstić information content (AvgIpc) is 3.11. The topological polar surface area (TPSA) is 100 Å². The molecule has 0 spiro atoms. The number of fused-ring (bicyclic) bond motifs is 1. The van der Waals surface area contributed by atoms with Gasteiger partial charge in [-0.05, 0) is 93.7 Å². The molecule has 0 saturated carbocycles. The van der Waals surface area contributed by atoms with Crippen LogP contribution in [0.3, 0.4) is 0 Å². The Balaban J connectivity index is 1.34. The smallest absolute Gasteiger partial charge is 0.326 e. The van der Waals surface area contributed by atoms with Crippen molar-refractivity contribution in [2.75, 3.05) is 16.8 Å². The van der Waals surface area contributed by atoms with E-state index in [0.717, 1.165) is 56.6 Å². The van der Waals surface area contributed by atoms with Crippen molar-refractivity contribution in [1.82, 2.24) is 15.0 Å². The molecule has 0 aliphatic carbocycles. The van der Waals surface area contributed by atoms with Crippen LogP contribution in [0.4, 0.5) is 16.2 Å². The minimum atomic E-state index is -0.391. The van der Waals surface area contributed by atoms with E-state index in [4.69, 9.17) is 4.74 Å². The van der Waals surface area contributed by atoms with Crippen molar-refractivity contribution >= 4 is 28.4 Å². The molecule has 6 rings (SSSR count). The van der Waals surface area contributed by atoms with Crippen LogP contribution in [-0.2, 0) is 13.0 Å². The first-order chi connectivity index (χ1) is 23.8. The van der Waals surface area contributed by atoms with Crippen molar-refractivity contribution in [2.45, 2.75) is 52.5 Å². The molecule has 6 aromatic rings. The Kier molecular flexibility index (Phi) is 10.1. The molecule has 0 atom stereocenters. The van der Waals surface area contributed by atoms with Gasteiger partial charge in [0.25, 0.3) is 5.56 Å². The van der Waals surface area contributed by atoms with Crippen LogP contribution in [0.15, 0.2) is 120 Å². The van der Waals surface area contributed by atoms with E-state index in [1.807, 2.05) is 72.9 Å². The molecule has 0 unspecified atom stereocenters. The van der Waals surface area contributed by atoms with Gasteiger partial charge in [0.15, 0.2) is 0 Å². The molecule has 3 aromatic carbocycles. The summed E-state index contributed by atoms with van der Waals surface area (Å²) in [5, 5.41) is 4.00. The molecule has 3 aromatic heterocycles. The fourth-order valence-corrected chi connectivity index (χ4v) is 5.94. The van der Waals surface area contributed by atoms with E-state index in [1.165, 1.54) is 4.90 Å². The Morgan fingerprint density at radius 3 is 2.27 bits per heavy atom. The van der Waals surface area contributed by atoms with Gasteiger partial charge in [-0.2, -0.15) is 0 Å². The molecular formula is C41H41N5O3. The van der Waals surface area contributed by atoms with Crippen molar-refractivity contribution < 1.29 is 9.53 Å². The standard InChI is InChI=1S/C41H41N5O3/c1-27(2)35-22-33(31-14-8-16-34(21-31)49-20-17-29-13-9-18-42-25-29)23-36(28(3)4)38(35)44-41(48)46(26-30-11-6-5-7-12-30)37-24-32-15-10-19-43-39(32)45-40(37)47/h5-16,18-19,21-25,27-28H,17,20,26H2,1-4H3,(H,44,48)(H,43,45,47). The highest BCUT2D eigenvalue weighted by atomic mass is 16.5. The lowest BCUT2D eigenvalue weighted by atomic mass is 9.88. The maximum Gasteiger partial charge on any atom is 0.326 e. The molecule has 0 radical (unpaired) electrons. The predicted molar refractivity (Wildman–Crippen MR) is 197 cm³/mol. The van der Waals surface area contributed by atoms with Crippen LogP contribution in [0.1, 0.15) is 61.8 Å². The molecule has 0 saturated heterocycles. The quantitative estimate of drug-likeness (QED) is 0.146. The summed E-state index contributed by atoms with van der Waals surface area (Å²) in [6.45, 7) is 9.25. The van der Waals surface area contributed by atoms with Gasteiger partial charge in [-0.1, -0.05) is 76.2 Å². The second-order valence-electron chi connectivity index (χ2n) is 12.8. The Hall–Kier alpha value is -5.76. The van der Waals surface area contributed by atoms with Crippen molar-refractivity contribution in [2.24, 2.45) is 0 Å². The van der Waals surface area contributed by atoms with Crippen LogP contribution >= 0.6 is 0 Å². The number of pyridine rings is 3. The maximum absolute atomic E-state index is 14.4. The van der Waals surface area contributed by atoms with Gasteiger partial charge in [0, 0.05) is 36.1 Å². The van der Waals surface area contributed by atoms with E-state index in [9.17, 15) is 9.59 Å². The number of benzene rings is 3. The van der Waals surface area contributed by atoms with Crippen LogP contribution in [0.5, 0.6) is 5.75 Å². The van der Waals surface area contributed by atoms with Crippen molar-refractivity contribution in [3.05, 3.63) is 148 Å².